The molecule has 0 amide bonds. The van der Waals surface area contributed by atoms with Gasteiger partial charge < -0.3 is 9.72 Å². The molecule has 0 unspecified atom stereocenters. The molecule has 39 heavy (non-hydrogen) atoms. The van der Waals surface area contributed by atoms with Crippen LogP contribution in [-0.2, 0) is 19.5 Å². The monoisotopic (exact) mass is 522 g/mol. The predicted molar refractivity (Wildman–Crippen MR) is 153 cm³/mol. The Morgan fingerprint density at radius 1 is 1.00 bits per heavy atom. The number of aryl methyl sites for hydroxylation is 1. The van der Waals surface area contributed by atoms with E-state index < -0.39 is 0 Å². The summed E-state index contributed by atoms with van der Waals surface area (Å²) in [6.45, 7) is 5.94. The number of pyridine rings is 1. The molecular formula is C31H34N6O2. The fraction of sp³-hybridized carbons (Fsp3) is 0.290. The maximum absolute atomic E-state index is 13.2. The van der Waals surface area contributed by atoms with Crippen molar-refractivity contribution in [3.63, 3.8) is 0 Å². The number of rotatable bonds is 11. The van der Waals surface area contributed by atoms with Crippen molar-refractivity contribution in [3.8, 4) is 5.75 Å². The van der Waals surface area contributed by atoms with Gasteiger partial charge in [-0.15, -0.1) is 5.10 Å². The Morgan fingerprint density at radius 2 is 1.79 bits per heavy atom. The van der Waals surface area contributed by atoms with E-state index in [-0.39, 0.29) is 11.6 Å². The van der Waals surface area contributed by atoms with E-state index in [0.717, 1.165) is 58.6 Å². The maximum Gasteiger partial charge on any atom is 0.252 e. The number of hydrogen-bond donors (Lipinski definition) is 1. The zero-order valence-corrected chi connectivity index (χ0v) is 22.7. The number of H-pyrrole nitrogens is 1. The fourth-order valence-electron chi connectivity index (χ4n) is 5.10. The zero-order chi connectivity index (χ0) is 27.2. The third-order valence-electron chi connectivity index (χ3n) is 7.25. The first-order chi connectivity index (χ1) is 19.1. The molecule has 8 nitrogen and oxygen atoms in total. The Kier molecular flexibility index (Phi) is 8.13. The topological polar surface area (TPSA) is 88.9 Å². The molecule has 8 heteroatoms. The van der Waals surface area contributed by atoms with Crippen LogP contribution in [0.1, 0.15) is 47.5 Å². The lowest BCUT2D eigenvalue weighted by atomic mass is 10.1. The largest absolute Gasteiger partial charge is 0.497 e. The van der Waals surface area contributed by atoms with Crippen LogP contribution in [0.25, 0.3) is 10.9 Å². The minimum Gasteiger partial charge on any atom is -0.497 e. The first-order valence-electron chi connectivity index (χ1n) is 13.3. The summed E-state index contributed by atoms with van der Waals surface area (Å²) in [6.07, 6.45) is 1.64. The lowest BCUT2D eigenvalue weighted by Crippen LogP contribution is -2.34. The Bertz CT molecular complexity index is 1580. The molecular weight excluding hydrogens is 488 g/mol. The van der Waals surface area contributed by atoms with Crippen LogP contribution in [0.4, 0.5) is 0 Å². The molecule has 2 heterocycles. The smallest absolute Gasteiger partial charge is 0.252 e. The van der Waals surface area contributed by atoms with Crippen LogP contribution in [0.5, 0.6) is 5.75 Å². The molecule has 0 aliphatic rings. The van der Waals surface area contributed by atoms with Crippen molar-refractivity contribution in [2.24, 2.45) is 0 Å². The Labute approximate surface area is 228 Å². The number of ether oxygens (including phenoxy) is 1. The normalized spacial score (nSPS) is 12.2. The van der Waals surface area contributed by atoms with E-state index in [1.165, 1.54) is 5.56 Å². The van der Waals surface area contributed by atoms with Gasteiger partial charge in [-0.2, -0.15) is 0 Å². The molecule has 3 aromatic carbocycles. The number of aromatic amines is 1. The summed E-state index contributed by atoms with van der Waals surface area (Å²) in [4.78, 5) is 18.7. The van der Waals surface area contributed by atoms with Crippen LogP contribution in [0.2, 0.25) is 0 Å². The second-order valence-corrected chi connectivity index (χ2v) is 9.84. The second kappa shape index (κ2) is 12.0. The summed E-state index contributed by atoms with van der Waals surface area (Å²) in [5, 5.41) is 13.9. The Hall–Kier alpha value is -4.30. The van der Waals surface area contributed by atoms with Crippen molar-refractivity contribution >= 4 is 10.9 Å². The molecule has 2 aromatic heterocycles. The maximum atomic E-state index is 13.2. The number of fused-ring (bicyclic) bond motifs is 1. The molecule has 0 saturated carbocycles. The molecule has 0 spiro atoms. The van der Waals surface area contributed by atoms with Crippen LogP contribution in [0.15, 0.2) is 83.7 Å². The summed E-state index contributed by atoms with van der Waals surface area (Å²) in [5.41, 5.74) is 4.94. The van der Waals surface area contributed by atoms with Crippen LogP contribution in [0.3, 0.4) is 0 Å². The predicted octanol–water partition coefficient (Wildman–Crippen LogP) is 5.08. The van der Waals surface area contributed by atoms with Gasteiger partial charge in [-0.1, -0.05) is 67.6 Å². The van der Waals surface area contributed by atoms with Crippen molar-refractivity contribution in [1.82, 2.24) is 30.1 Å². The summed E-state index contributed by atoms with van der Waals surface area (Å²) < 4.78 is 7.16. The number of para-hydroxylation sites is 1. The first-order valence-corrected chi connectivity index (χ1v) is 13.3. The number of benzene rings is 3. The first kappa shape index (κ1) is 26.3. The molecule has 1 N–H and O–H groups in total. The average molecular weight is 523 g/mol. The molecule has 1 atom stereocenters. The molecule has 0 bridgehead atoms. The minimum atomic E-state index is -0.0745. The Balaban J connectivity index is 1.47. The SMILES string of the molecule is CC[C@H](c1nnnn1Cc1ccc(OC)cc1)N(CCc1ccccc1)Cc1cc2cccc(C)c2[nH]c1=O. The summed E-state index contributed by atoms with van der Waals surface area (Å²) in [7, 11) is 1.66. The van der Waals surface area contributed by atoms with E-state index in [9.17, 15) is 4.79 Å². The van der Waals surface area contributed by atoms with Gasteiger partial charge in [0.15, 0.2) is 5.82 Å². The van der Waals surface area contributed by atoms with Crippen LogP contribution >= 0.6 is 0 Å². The highest BCUT2D eigenvalue weighted by molar-refractivity contribution is 5.81. The van der Waals surface area contributed by atoms with Gasteiger partial charge in [0.1, 0.15) is 5.75 Å². The van der Waals surface area contributed by atoms with Crippen molar-refractivity contribution in [2.75, 3.05) is 13.7 Å². The molecule has 0 fully saturated rings. The van der Waals surface area contributed by atoms with E-state index in [4.69, 9.17) is 4.74 Å². The zero-order valence-electron chi connectivity index (χ0n) is 22.7. The van der Waals surface area contributed by atoms with E-state index in [1.54, 1.807) is 7.11 Å². The molecule has 200 valence electrons. The van der Waals surface area contributed by atoms with Gasteiger partial charge in [0.05, 0.1) is 25.2 Å². The lowest BCUT2D eigenvalue weighted by molar-refractivity contribution is 0.172. The number of nitrogens with one attached hydrogen (secondary N) is 1. The van der Waals surface area contributed by atoms with Gasteiger partial charge in [-0.3, -0.25) is 9.69 Å². The highest BCUT2D eigenvalue weighted by Gasteiger charge is 2.26. The highest BCUT2D eigenvalue weighted by Crippen LogP contribution is 2.26. The third-order valence-corrected chi connectivity index (χ3v) is 7.25. The molecule has 5 rings (SSSR count). The van der Waals surface area contributed by atoms with Gasteiger partial charge in [0.2, 0.25) is 0 Å². The van der Waals surface area contributed by atoms with Gasteiger partial charge in [-0.05, 0) is 70.5 Å². The van der Waals surface area contributed by atoms with Crippen molar-refractivity contribution in [1.29, 1.82) is 0 Å². The quantitative estimate of drug-likeness (QED) is 0.260. The standard InChI is InChI=1S/C31H34N6O2/c1-4-28(30-33-34-35-37(30)20-24-13-15-27(39-3)16-14-24)36(18-17-23-10-6-5-7-11-23)21-26-19-25-12-8-9-22(2)29(25)32-31(26)38/h5-16,19,28H,4,17-18,20-21H2,1-3H3,(H,32,38)/t28-/m1/s1. The summed E-state index contributed by atoms with van der Waals surface area (Å²) in [6, 6.07) is 26.4. The molecule has 0 aliphatic heterocycles. The fourth-order valence-corrected chi connectivity index (χ4v) is 5.10. The van der Waals surface area contributed by atoms with Crippen molar-refractivity contribution in [2.45, 2.75) is 45.8 Å². The van der Waals surface area contributed by atoms with E-state index >= 15 is 0 Å². The number of methoxy groups -OCH3 is 1. The highest BCUT2D eigenvalue weighted by atomic mass is 16.5. The van der Waals surface area contributed by atoms with Crippen LogP contribution in [0, 0.1) is 6.92 Å². The van der Waals surface area contributed by atoms with Crippen molar-refractivity contribution in [3.05, 3.63) is 117 Å². The van der Waals surface area contributed by atoms with Crippen LogP contribution < -0.4 is 10.3 Å². The van der Waals surface area contributed by atoms with Crippen molar-refractivity contribution < 1.29 is 4.74 Å². The number of hydrogen-bond acceptors (Lipinski definition) is 6. The Morgan fingerprint density at radius 3 is 2.54 bits per heavy atom. The minimum absolute atomic E-state index is 0.0609. The van der Waals surface area contributed by atoms with Gasteiger partial charge in [0, 0.05) is 18.7 Å². The van der Waals surface area contributed by atoms with Gasteiger partial charge in [-0.25, -0.2) is 4.68 Å². The summed E-state index contributed by atoms with van der Waals surface area (Å²) in [5.74, 6) is 1.60. The summed E-state index contributed by atoms with van der Waals surface area (Å²) >= 11 is 0. The van der Waals surface area contributed by atoms with E-state index in [2.05, 4.69) is 56.6 Å². The van der Waals surface area contributed by atoms with Crippen LogP contribution in [-0.4, -0.2) is 43.7 Å². The molecule has 0 radical (unpaired) electrons. The third kappa shape index (κ3) is 6.07. The molecule has 5 aromatic rings. The average Bonchev–Trinajstić information content (AvgIpc) is 3.41. The number of aromatic nitrogens is 5. The van der Waals surface area contributed by atoms with E-state index in [0.29, 0.717) is 13.1 Å². The molecule has 0 aliphatic carbocycles. The number of nitrogens with zero attached hydrogens (tertiary/aromatic N) is 5. The van der Waals surface area contributed by atoms with E-state index in [1.807, 2.05) is 66.2 Å². The lowest BCUT2D eigenvalue weighted by Gasteiger charge is -2.30. The van der Waals surface area contributed by atoms with Gasteiger partial charge in [0.25, 0.3) is 5.56 Å². The number of tetrazole rings is 1. The second-order valence-electron chi connectivity index (χ2n) is 9.84. The molecule has 0 saturated heterocycles. The van der Waals surface area contributed by atoms with Gasteiger partial charge >= 0.3 is 0 Å².